The molecule has 1 N–H and O–H groups in total. The van der Waals surface area contributed by atoms with Gasteiger partial charge in [-0.15, -0.1) is 0 Å². The third-order valence-corrected chi connectivity index (χ3v) is 3.52. The van der Waals surface area contributed by atoms with E-state index in [0.717, 1.165) is 32.3 Å². The van der Waals surface area contributed by atoms with Gasteiger partial charge in [0.25, 0.3) is 0 Å². The zero-order valence-electron chi connectivity index (χ0n) is 7.51. The van der Waals surface area contributed by atoms with Crippen LogP contribution < -0.4 is 0 Å². The Bertz CT molecular complexity index is 151. The molecule has 3 nitrogen and oxygen atoms in total. The zero-order valence-corrected chi connectivity index (χ0v) is 7.51. The summed E-state index contributed by atoms with van der Waals surface area (Å²) < 4.78 is 11.1. The number of fused-ring (bicyclic) bond motifs is 1. The Balaban J connectivity index is 2.29. The van der Waals surface area contributed by atoms with Crippen molar-refractivity contribution < 1.29 is 14.6 Å². The van der Waals surface area contributed by atoms with E-state index in [1.54, 1.807) is 7.11 Å². The molecule has 2 rings (SSSR count). The molecule has 70 valence electrons. The second-order valence-corrected chi connectivity index (χ2v) is 3.85. The number of hydrogen-bond donors (Lipinski definition) is 1. The fourth-order valence-electron chi connectivity index (χ4n) is 2.72. The van der Waals surface area contributed by atoms with E-state index in [-0.39, 0.29) is 12.0 Å². The number of ether oxygens (including phenoxy) is 2. The van der Waals surface area contributed by atoms with Crippen LogP contribution in [0.5, 0.6) is 0 Å². The van der Waals surface area contributed by atoms with Gasteiger partial charge >= 0.3 is 0 Å². The molecule has 2 atom stereocenters. The van der Waals surface area contributed by atoms with Gasteiger partial charge in [-0.3, -0.25) is 0 Å². The average Bonchev–Trinajstić information content (AvgIpc) is 2.58. The second-order valence-electron chi connectivity index (χ2n) is 3.85. The quantitative estimate of drug-likeness (QED) is 0.673. The maximum Gasteiger partial charge on any atom is 0.175 e. The Labute approximate surface area is 72.7 Å². The highest BCUT2D eigenvalue weighted by atomic mass is 16.7. The SMILES string of the molecule is CO[C@]12CCC[C@@]1(CO)CCO2. The van der Waals surface area contributed by atoms with Crippen LogP contribution in [0.15, 0.2) is 0 Å². The van der Waals surface area contributed by atoms with Gasteiger partial charge in [0, 0.05) is 18.9 Å². The Morgan fingerprint density at radius 3 is 2.83 bits per heavy atom. The first-order chi connectivity index (χ1) is 5.79. The zero-order chi connectivity index (χ0) is 8.66. The molecule has 0 aromatic rings. The number of hydrogen-bond acceptors (Lipinski definition) is 3. The molecule has 2 fully saturated rings. The molecule has 1 saturated carbocycles. The highest BCUT2D eigenvalue weighted by Gasteiger charge is 2.59. The normalized spacial score (nSPS) is 46.5. The van der Waals surface area contributed by atoms with E-state index in [1.165, 1.54) is 0 Å². The lowest BCUT2D eigenvalue weighted by Gasteiger charge is -2.36. The van der Waals surface area contributed by atoms with E-state index in [9.17, 15) is 5.11 Å². The van der Waals surface area contributed by atoms with Crippen LogP contribution in [-0.4, -0.2) is 31.2 Å². The predicted octanol–water partition coefficient (Wildman–Crippen LogP) is 0.912. The van der Waals surface area contributed by atoms with Crippen molar-refractivity contribution in [3.63, 3.8) is 0 Å². The van der Waals surface area contributed by atoms with Crippen molar-refractivity contribution in [2.24, 2.45) is 5.41 Å². The van der Waals surface area contributed by atoms with Gasteiger partial charge in [-0.1, -0.05) is 0 Å². The minimum atomic E-state index is -0.457. The van der Waals surface area contributed by atoms with E-state index in [4.69, 9.17) is 9.47 Å². The molecule has 0 aromatic carbocycles. The molecule has 2 aliphatic rings. The lowest BCUT2D eigenvalue weighted by molar-refractivity contribution is -0.238. The van der Waals surface area contributed by atoms with Crippen LogP contribution in [0.1, 0.15) is 25.7 Å². The first kappa shape index (κ1) is 8.48. The molecule has 3 heteroatoms. The van der Waals surface area contributed by atoms with Gasteiger partial charge in [0.2, 0.25) is 0 Å². The number of rotatable bonds is 2. The fraction of sp³-hybridized carbons (Fsp3) is 1.00. The standard InChI is InChI=1S/C9H16O3/c1-11-9-4-2-3-8(9,7-10)5-6-12-9/h10H,2-7H2,1H3/t8-,9-/m0/s1. The smallest absolute Gasteiger partial charge is 0.175 e. The van der Waals surface area contributed by atoms with E-state index < -0.39 is 5.79 Å². The van der Waals surface area contributed by atoms with E-state index in [2.05, 4.69) is 0 Å². The predicted molar refractivity (Wildman–Crippen MR) is 43.7 cm³/mol. The van der Waals surface area contributed by atoms with Crippen molar-refractivity contribution >= 4 is 0 Å². The largest absolute Gasteiger partial charge is 0.396 e. The fourth-order valence-corrected chi connectivity index (χ4v) is 2.72. The molecule has 1 saturated heterocycles. The van der Waals surface area contributed by atoms with E-state index >= 15 is 0 Å². The molecule has 1 heterocycles. The lowest BCUT2D eigenvalue weighted by atomic mass is 9.81. The van der Waals surface area contributed by atoms with Crippen molar-refractivity contribution in [1.29, 1.82) is 0 Å². The van der Waals surface area contributed by atoms with Crippen molar-refractivity contribution in [2.45, 2.75) is 31.5 Å². The first-order valence-electron chi connectivity index (χ1n) is 4.59. The summed E-state index contributed by atoms with van der Waals surface area (Å²) in [5.41, 5.74) is -0.0955. The molecular weight excluding hydrogens is 156 g/mol. The Morgan fingerprint density at radius 1 is 1.42 bits per heavy atom. The summed E-state index contributed by atoms with van der Waals surface area (Å²) in [6.07, 6.45) is 4.02. The third kappa shape index (κ3) is 0.817. The van der Waals surface area contributed by atoms with Crippen LogP contribution in [0.25, 0.3) is 0 Å². The molecule has 0 spiro atoms. The summed E-state index contributed by atoms with van der Waals surface area (Å²) in [5, 5.41) is 9.36. The van der Waals surface area contributed by atoms with Crippen LogP contribution in [0, 0.1) is 5.41 Å². The molecule has 0 radical (unpaired) electrons. The molecular formula is C9H16O3. The van der Waals surface area contributed by atoms with Gasteiger partial charge in [0.15, 0.2) is 5.79 Å². The van der Waals surface area contributed by atoms with Crippen molar-refractivity contribution in [3.05, 3.63) is 0 Å². The minimum Gasteiger partial charge on any atom is -0.396 e. The summed E-state index contributed by atoms with van der Waals surface area (Å²) in [7, 11) is 1.68. The van der Waals surface area contributed by atoms with Crippen LogP contribution in [0.3, 0.4) is 0 Å². The topological polar surface area (TPSA) is 38.7 Å². The van der Waals surface area contributed by atoms with Crippen molar-refractivity contribution in [2.75, 3.05) is 20.3 Å². The third-order valence-electron chi connectivity index (χ3n) is 3.52. The monoisotopic (exact) mass is 172 g/mol. The first-order valence-corrected chi connectivity index (χ1v) is 4.59. The van der Waals surface area contributed by atoms with Crippen LogP contribution in [0.2, 0.25) is 0 Å². The van der Waals surface area contributed by atoms with Gasteiger partial charge in [-0.05, 0) is 19.3 Å². The molecule has 0 unspecified atom stereocenters. The highest BCUT2D eigenvalue weighted by molar-refractivity contribution is 5.02. The highest BCUT2D eigenvalue weighted by Crippen LogP contribution is 2.55. The Morgan fingerprint density at radius 2 is 2.25 bits per heavy atom. The molecule has 0 aromatic heterocycles. The van der Waals surface area contributed by atoms with E-state index in [0.29, 0.717) is 0 Å². The summed E-state index contributed by atoms with van der Waals surface area (Å²) in [6, 6.07) is 0. The van der Waals surface area contributed by atoms with Crippen LogP contribution >= 0.6 is 0 Å². The molecule has 1 aliphatic heterocycles. The summed E-state index contributed by atoms with van der Waals surface area (Å²) in [6.45, 7) is 0.926. The van der Waals surface area contributed by atoms with Crippen LogP contribution in [0.4, 0.5) is 0 Å². The maximum absolute atomic E-state index is 9.36. The molecule has 0 bridgehead atoms. The average molecular weight is 172 g/mol. The minimum absolute atomic E-state index is 0.0955. The number of methoxy groups -OCH3 is 1. The van der Waals surface area contributed by atoms with E-state index in [1.807, 2.05) is 0 Å². The van der Waals surface area contributed by atoms with Crippen molar-refractivity contribution in [1.82, 2.24) is 0 Å². The Hall–Kier alpha value is -0.120. The van der Waals surface area contributed by atoms with Gasteiger partial charge in [-0.2, -0.15) is 0 Å². The number of aliphatic hydroxyl groups is 1. The van der Waals surface area contributed by atoms with Gasteiger partial charge in [0.1, 0.15) is 0 Å². The Kier molecular flexibility index (Phi) is 1.90. The van der Waals surface area contributed by atoms with Gasteiger partial charge < -0.3 is 14.6 Å². The number of aliphatic hydroxyl groups excluding tert-OH is 1. The van der Waals surface area contributed by atoms with Crippen LogP contribution in [-0.2, 0) is 9.47 Å². The molecule has 0 amide bonds. The lowest BCUT2D eigenvalue weighted by Crippen LogP contribution is -2.44. The summed E-state index contributed by atoms with van der Waals surface area (Å²) >= 11 is 0. The summed E-state index contributed by atoms with van der Waals surface area (Å²) in [5.74, 6) is -0.457. The molecule has 1 aliphatic carbocycles. The van der Waals surface area contributed by atoms with Gasteiger partial charge in [0.05, 0.1) is 13.2 Å². The second kappa shape index (κ2) is 2.69. The van der Waals surface area contributed by atoms with Crippen molar-refractivity contribution in [3.8, 4) is 0 Å². The van der Waals surface area contributed by atoms with Gasteiger partial charge in [-0.25, -0.2) is 0 Å². The summed E-state index contributed by atoms with van der Waals surface area (Å²) in [4.78, 5) is 0. The maximum atomic E-state index is 9.36. The molecule has 12 heavy (non-hydrogen) atoms.